The standard InChI is InChI=1S/C26H26BrNO/c1-2-25(20-6-4-3-5-7-20)26(21-8-12-23(27)13-9-21)22-10-14-24(15-11-22)29-19-18-28-16-17-28/h3-15H,2,16-19H2,1H3/b26-25-. The number of allylic oxidation sites excluding steroid dienone is 1. The number of hydrogen-bond acceptors (Lipinski definition) is 2. The van der Waals surface area contributed by atoms with E-state index in [0.717, 1.165) is 29.8 Å². The molecule has 0 N–H and O–H groups in total. The van der Waals surface area contributed by atoms with Crippen LogP contribution in [-0.4, -0.2) is 31.1 Å². The van der Waals surface area contributed by atoms with E-state index in [1.54, 1.807) is 0 Å². The summed E-state index contributed by atoms with van der Waals surface area (Å²) in [6, 6.07) is 27.8. The van der Waals surface area contributed by atoms with Crippen molar-refractivity contribution in [2.24, 2.45) is 0 Å². The van der Waals surface area contributed by atoms with Gasteiger partial charge in [-0.1, -0.05) is 77.5 Å². The lowest BCUT2D eigenvalue weighted by Gasteiger charge is -2.17. The Hall–Kier alpha value is -2.36. The quantitative estimate of drug-likeness (QED) is 0.288. The van der Waals surface area contributed by atoms with Gasteiger partial charge in [-0.15, -0.1) is 0 Å². The summed E-state index contributed by atoms with van der Waals surface area (Å²) in [6.45, 7) is 6.41. The van der Waals surface area contributed by atoms with Crippen molar-refractivity contribution in [2.75, 3.05) is 26.2 Å². The maximum atomic E-state index is 5.92. The van der Waals surface area contributed by atoms with Crippen LogP contribution in [-0.2, 0) is 0 Å². The lowest BCUT2D eigenvalue weighted by molar-refractivity contribution is 0.292. The summed E-state index contributed by atoms with van der Waals surface area (Å²) in [7, 11) is 0. The minimum absolute atomic E-state index is 0.749. The van der Waals surface area contributed by atoms with Gasteiger partial charge in [-0.05, 0) is 58.5 Å². The van der Waals surface area contributed by atoms with E-state index in [1.807, 2.05) is 0 Å². The zero-order valence-electron chi connectivity index (χ0n) is 16.8. The van der Waals surface area contributed by atoms with Crippen molar-refractivity contribution >= 4 is 27.1 Å². The average Bonchev–Trinajstić information content (AvgIpc) is 3.59. The Balaban J connectivity index is 1.69. The normalized spacial score (nSPS) is 14.4. The van der Waals surface area contributed by atoms with Crippen molar-refractivity contribution in [2.45, 2.75) is 13.3 Å². The number of rotatable bonds is 8. The molecule has 0 bridgehead atoms. The molecular formula is C26H26BrNO. The van der Waals surface area contributed by atoms with Gasteiger partial charge in [-0.2, -0.15) is 0 Å². The van der Waals surface area contributed by atoms with Gasteiger partial charge in [0.05, 0.1) is 0 Å². The molecule has 0 saturated carbocycles. The van der Waals surface area contributed by atoms with Gasteiger partial charge in [0.2, 0.25) is 0 Å². The van der Waals surface area contributed by atoms with Crippen LogP contribution in [0.25, 0.3) is 11.1 Å². The van der Waals surface area contributed by atoms with Gasteiger partial charge in [0.25, 0.3) is 0 Å². The minimum Gasteiger partial charge on any atom is -0.492 e. The highest BCUT2D eigenvalue weighted by molar-refractivity contribution is 9.10. The predicted octanol–water partition coefficient (Wildman–Crippen LogP) is 6.51. The summed E-state index contributed by atoms with van der Waals surface area (Å²) in [5.74, 6) is 0.934. The molecule has 148 valence electrons. The highest BCUT2D eigenvalue weighted by Gasteiger charge is 2.16. The molecule has 29 heavy (non-hydrogen) atoms. The molecule has 1 aliphatic heterocycles. The fourth-order valence-electron chi connectivity index (χ4n) is 3.60. The third-order valence-electron chi connectivity index (χ3n) is 5.27. The second-order valence-corrected chi connectivity index (χ2v) is 8.21. The lowest BCUT2D eigenvalue weighted by Crippen LogP contribution is -2.10. The first-order valence-electron chi connectivity index (χ1n) is 10.2. The smallest absolute Gasteiger partial charge is 0.119 e. The molecule has 1 saturated heterocycles. The van der Waals surface area contributed by atoms with E-state index in [-0.39, 0.29) is 0 Å². The summed E-state index contributed by atoms with van der Waals surface area (Å²) in [6.07, 6.45) is 0.962. The molecule has 0 atom stereocenters. The fraction of sp³-hybridized carbons (Fsp3) is 0.231. The molecule has 1 fully saturated rings. The van der Waals surface area contributed by atoms with Crippen LogP contribution in [0, 0.1) is 0 Å². The Morgan fingerprint density at radius 1 is 0.828 bits per heavy atom. The van der Waals surface area contributed by atoms with Gasteiger partial charge in [0.15, 0.2) is 0 Å². The van der Waals surface area contributed by atoms with E-state index in [4.69, 9.17) is 4.74 Å². The summed E-state index contributed by atoms with van der Waals surface area (Å²) in [5, 5.41) is 0. The Morgan fingerprint density at radius 2 is 1.45 bits per heavy atom. The molecule has 3 heteroatoms. The van der Waals surface area contributed by atoms with Gasteiger partial charge in [-0.3, -0.25) is 4.90 Å². The monoisotopic (exact) mass is 447 g/mol. The van der Waals surface area contributed by atoms with Crippen molar-refractivity contribution in [3.05, 3.63) is 100 Å². The number of ether oxygens (including phenoxy) is 1. The van der Waals surface area contributed by atoms with Crippen molar-refractivity contribution in [3.8, 4) is 5.75 Å². The first-order chi connectivity index (χ1) is 14.2. The molecule has 0 unspecified atom stereocenters. The topological polar surface area (TPSA) is 12.2 Å². The van der Waals surface area contributed by atoms with Crippen LogP contribution in [0.4, 0.5) is 0 Å². The molecule has 1 heterocycles. The van der Waals surface area contributed by atoms with Crippen molar-refractivity contribution < 1.29 is 4.74 Å². The number of halogens is 1. The maximum Gasteiger partial charge on any atom is 0.119 e. The van der Waals surface area contributed by atoms with Crippen LogP contribution in [0.1, 0.15) is 30.0 Å². The van der Waals surface area contributed by atoms with Crippen LogP contribution >= 0.6 is 15.9 Å². The molecule has 0 radical (unpaired) electrons. The van der Waals surface area contributed by atoms with Crippen molar-refractivity contribution in [1.29, 1.82) is 0 Å². The largest absolute Gasteiger partial charge is 0.492 e. The number of nitrogens with zero attached hydrogens (tertiary/aromatic N) is 1. The third-order valence-corrected chi connectivity index (χ3v) is 5.80. The molecule has 0 aromatic heterocycles. The van der Waals surface area contributed by atoms with Crippen LogP contribution in [0.15, 0.2) is 83.3 Å². The van der Waals surface area contributed by atoms with Gasteiger partial charge in [-0.25, -0.2) is 0 Å². The average molecular weight is 448 g/mol. The molecule has 3 aromatic carbocycles. The molecular weight excluding hydrogens is 422 g/mol. The highest BCUT2D eigenvalue weighted by atomic mass is 79.9. The van der Waals surface area contributed by atoms with E-state index in [2.05, 4.69) is 107 Å². The van der Waals surface area contributed by atoms with Crippen molar-refractivity contribution in [1.82, 2.24) is 4.90 Å². The second kappa shape index (κ2) is 9.43. The maximum absolute atomic E-state index is 5.92. The van der Waals surface area contributed by atoms with Crippen molar-refractivity contribution in [3.63, 3.8) is 0 Å². The summed E-state index contributed by atoms with van der Waals surface area (Å²) in [5.41, 5.74) is 6.34. The van der Waals surface area contributed by atoms with Gasteiger partial charge in [0.1, 0.15) is 12.4 Å². The Morgan fingerprint density at radius 3 is 2.03 bits per heavy atom. The zero-order valence-corrected chi connectivity index (χ0v) is 18.4. The highest BCUT2D eigenvalue weighted by Crippen LogP contribution is 2.35. The van der Waals surface area contributed by atoms with E-state index in [0.29, 0.717) is 0 Å². The molecule has 3 aromatic rings. The van der Waals surface area contributed by atoms with Gasteiger partial charge >= 0.3 is 0 Å². The summed E-state index contributed by atoms with van der Waals surface area (Å²) in [4.78, 5) is 2.37. The SMILES string of the molecule is CC/C(=C(\c1ccc(Br)cc1)c1ccc(OCCN2CC2)cc1)c1ccccc1. The number of hydrogen-bond donors (Lipinski definition) is 0. The van der Waals surface area contributed by atoms with E-state index >= 15 is 0 Å². The molecule has 0 amide bonds. The molecule has 2 nitrogen and oxygen atoms in total. The van der Waals surface area contributed by atoms with Crippen LogP contribution < -0.4 is 4.74 Å². The summed E-state index contributed by atoms with van der Waals surface area (Å²) < 4.78 is 7.01. The van der Waals surface area contributed by atoms with Crippen LogP contribution in [0.2, 0.25) is 0 Å². The lowest BCUT2D eigenvalue weighted by atomic mass is 9.88. The van der Waals surface area contributed by atoms with Crippen LogP contribution in [0.5, 0.6) is 5.75 Å². The predicted molar refractivity (Wildman–Crippen MR) is 125 cm³/mol. The fourth-order valence-corrected chi connectivity index (χ4v) is 3.87. The molecule has 4 rings (SSSR count). The van der Waals surface area contributed by atoms with E-state index in [9.17, 15) is 0 Å². The molecule has 0 aliphatic carbocycles. The van der Waals surface area contributed by atoms with Gasteiger partial charge < -0.3 is 4.74 Å². The second-order valence-electron chi connectivity index (χ2n) is 7.29. The first kappa shape index (κ1) is 19.9. The Bertz CT molecular complexity index is 958. The van der Waals surface area contributed by atoms with E-state index < -0.39 is 0 Å². The van der Waals surface area contributed by atoms with E-state index in [1.165, 1.54) is 40.9 Å². The number of benzene rings is 3. The summed E-state index contributed by atoms with van der Waals surface area (Å²) >= 11 is 3.56. The van der Waals surface area contributed by atoms with Gasteiger partial charge in [0, 0.05) is 24.1 Å². The Kier molecular flexibility index (Phi) is 6.48. The first-order valence-corrected chi connectivity index (χ1v) is 11.0. The molecule has 1 aliphatic rings. The third kappa shape index (κ3) is 5.17. The Labute approximate surface area is 182 Å². The minimum atomic E-state index is 0.749. The zero-order chi connectivity index (χ0) is 20.1. The van der Waals surface area contributed by atoms with Crippen LogP contribution in [0.3, 0.4) is 0 Å². The molecule has 0 spiro atoms.